The molecule has 1 aliphatic heterocycles. The first-order valence-electron chi connectivity index (χ1n) is 5.82. The first-order chi connectivity index (χ1) is 8.52. The van der Waals surface area contributed by atoms with Crippen LogP contribution in [0, 0.1) is 0 Å². The van der Waals surface area contributed by atoms with Gasteiger partial charge in [-0.25, -0.2) is 0 Å². The topological polar surface area (TPSA) is 40.6 Å². The zero-order valence-electron chi connectivity index (χ0n) is 10.4. The highest BCUT2D eigenvalue weighted by molar-refractivity contribution is 6.55. The van der Waals surface area contributed by atoms with Crippen molar-refractivity contribution in [2.75, 3.05) is 32.1 Å². The molecule has 0 unspecified atom stereocenters. The van der Waals surface area contributed by atoms with E-state index in [4.69, 9.17) is 11.6 Å². The number of carbonyl (C=O) groups is 2. The van der Waals surface area contributed by atoms with Crippen LogP contribution in [0.4, 0.5) is 5.69 Å². The third-order valence-corrected chi connectivity index (χ3v) is 3.25. The number of hydrogen-bond acceptors (Lipinski definition) is 3. The van der Waals surface area contributed by atoms with E-state index in [1.165, 1.54) is 4.90 Å². The van der Waals surface area contributed by atoms with Gasteiger partial charge < -0.3 is 9.80 Å². The highest BCUT2D eigenvalue weighted by Crippen LogP contribution is 2.33. The Morgan fingerprint density at radius 1 is 1.28 bits per heavy atom. The van der Waals surface area contributed by atoms with Gasteiger partial charge in [0.25, 0.3) is 11.7 Å². The van der Waals surface area contributed by atoms with Gasteiger partial charge in [0, 0.05) is 6.54 Å². The van der Waals surface area contributed by atoms with Crippen molar-refractivity contribution in [2.45, 2.75) is 6.42 Å². The molecular formula is C13H15ClN2O2. The average Bonchev–Trinajstić information content (AvgIpc) is 2.55. The summed E-state index contributed by atoms with van der Waals surface area (Å²) >= 11 is 5.97. The molecule has 5 heteroatoms. The fourth-order valence-electron chi connectivity index (χ4n) is 2.07. The van der Waals surface area contributed by atoms with Crippen LogP contribution in [0.3, 0.4) is 0 Å². The van der Waals surface area contributed by atoms with Crippen molar-refractivity contribution < 1.29 is 9.59 Å². The van der Waals surface area contributed by atoms with Crippen LogP contribution in [0.5, 0.6) is 0 Å². The molecule has 4 nitrogen and oxygen atoms in total. The number of nitrogens with zero attached hydrogens (tertiary/aromatic N) is 2. The third-order valence-electron chi connectivity index (χ3n) is 2.94. The van der Waals surface area contributed by atoms with Gasteiger partial charge in [-0.15, -0.1) is 0 Å². The van der Waals surface area contributed by atoms with Crippen LogP contribution in [0.2, 0.25) is 5.02 Å². The number of ketones is 1. The molecule has 0 atom stereocenters. The number of benzene rings is 1. The second-order valence-electron chi connectivity index (χ2n) is 4.58. The Morgan fingerprint density at radius 2 is 2.00 bits per heavy atom. The van der Waals surface area contributed by atoms with E-state index in [0.717, 1.165) is 13.0 Å². The van der Waals surface area contributed by atoms with Gasteiger partial charge in [0.2, 0.25) is 0 Å². The molecule has 18 heavy (non-hydrogen) atoms. The molecule has 1 heterocycles. The van der Waals surface area contributed by atoms with E-state index < -0.39 is 11.7 Å². The molecule has 0 fully saturated rings. The number of carbonyl (C=O) groups excluding carboxylic acids is 2. The van der Waals surface area contributed by atoms with Gasteiger partial charge in [0.05, 0.1) is 16.3 Å². The summed E-state index contributed by atoms with van der Waals surface area (Å²) in [5, 5.41) is 0.348. The highest BCUT2D eigenvalue weighted by atomic mass is 35.5. The summed E-state index contributed by atoms with van der Waals surface area (Å²) in [6.45, 7) is 1.41. The molecule has 0 saturated heterocycles. The van der Waals surface area contributed by atoms with Crippen LogP contribution >= 0.6 is 11.6 Å². The Labute approximate surface area is 111 Å². The molecule has 0 aromatic heterocycles. The summed E-state index contributed by atoms with van der Waals surface area (Å²) in [6, 6.07) is 5.15. The van der Waals surface area contributed by atoms with E-state index in [1.54, 1.807) is 18.2 Å². The number of rotatable bonds is 4. The minimum Gasteiger partial charge on any atom is -0.309 e. The number of fused-ring (bicyclic) bond motifs is 1. The quantitative estimate of drug-likeness (QED) is 0.781. The lowest BCUT2D eigenvalue weighted by Gasteiger charge is -2.17. The lowest BCUT2D eigenvalue weighted by Crippen LogP contribution is -2.32. The summed E-state index contributed by atoms with van der Waals surface area (Å²) in [6.07, 6.45) is 0.817. The Bertz CT molecular complexity index is 500. The van der Waals surface area contributed by atoms with Crippen molar-refractivity contribution in [3.8, 4) is 0 Å². The summed E-state index contributed by atoms with van der Waals surface area (Å²) < 4.78 is 0. The van der Waals surface area contributed by atoms with Crippen molar-refractivity contribution in [2.24, 2.45) is 0 Å². The van der Waals surface area contributed by atoms with Crippen LogP contribution in [0.15, 0.2) is 18.2 Å². The van der Waals surface area contributed by atoms with E-state index in [1.807, 2.05) is 19.0 Å². The number of anilines is 1. The third kappa shape index (κ3) is 2.26. The Morgan fingerprint density at radius 3 is 2.67 bits per heavy atom. The van der Waals surface area contributed by atoms with E-state index in [-0.39, 0.29) is 0 Å². The second-order valence-corrected chi connectivity index (χ2v) is 4.98. The van der Waals surface area contributed by atoms with Gasteiger partial charge >= 0.3 is 0 Å². The molecule has 1 aliphatic rings. The molecular weight excluding hydrogens is 252 g/mol. The van der Waals surface area contributed by atoms with Gasteiger partial charge in [-0.2, -0.15) is 0 Å². The monoisotopic (exact) mass is 266 g/mol. The molecule has 0 bridgehead atoms. The van der Waals surface area contributed by atoms with Crippen molar-refractivity contribution in [3.05, 3.63) is 28.8 Å². The number of amides is 1. The summed E-state index contributed by atoms with van der Waals surface area (Å²) in [4.78, 5) is 27.3. The number of Topliss-reactive ketones (excluding diaryl/α,β-unsaturated/α-hetero) is 1. The van der Waals surface area contributed by atoms with Gasteiger partial charge in [-0.05, 0) is 39.2 Å². The Hall–Kier alpha value is -1.39. The van der Waals surface area contributed by atoms with Crippen molar-refractivity contribution in [1.29, 1.82) is 0 Å². The SMILES string of the molecule is CN(C)CCCN1C(=O)C(=O)c2c(Cl)cccc21. The number of halogens is 1. The van der Waals surface area contributed by atoms with Crippen molar-refractivity contribution >= 4 is 29.0 Å². The van der Waals surface area contributed by atoms with Gasteiger partial charge in [0.15, 0.2) is 0 Å². The molecule has 1 amide bonds. The predicted octanol–water partition coefficient (Wildman–Crippen LogP) is 1.82. The first-order valence-corrected chi connectivity index (χ1v) is 6.19. The molecule has 0 saturated carbocycles. The fourth-order valence-corrected chi connectivity index (χ4v) is 2.32. The molecule has 0 spiro atoms. The van der Waals surface area contributed by atoms with Crippen molar-refractivity contribution in [3.63, 3.8) is 0 Å². The smallest absolute Gasteiger partial charge is 0.299 e. The second kappa shape index (κ2) is 5.08. The highest BCUT2D eigenvalue weighted by Gasteiger charge is 2.36. The molecule has 0 radical (unpaired) electrons. The van der Waals surface area contributed by atoms with Crippen LogP contribution < -0.4 is 4.90 Å². The number of hydrogen-bond donors (Lipinski definition) is 0. The molecule has 96 valence electrons. The predicted molar refractivity (Wildman–Crippen MR) is 71.3 cm³/mol. The first kappa shape index (κ1) is 13.1. The van der Waals surface area contributed by atoms with Gasteiger partial charge in [-0.1, -0.05) is 17.7 Å². The zero-order chi connectivity index (χ0) is 13.3. The van der Waals surface area contributed by atoms with Crippen LogP contribution in [-0.2, 0) is 4.79 Å². The molecule has 2 rings (SSSR count). The van der Waals surface area contributed by atoms with E-state index in [9.17, 15) is 9.59 Å². The Kier molecular flexibility index (Phi) is 3.68. The van der Waals surface area contributed by atoms with Gasteiger partial charge in [-0.3, -0.25) is 9.59 Å². The van der Waals surface area contributed by atoms with Crippen LogP contribution in [0.25, 0.3) is 0 Å². The van der Waals surface area contributed by atoms with Crippen molar-refractivity contribution in [1.82, 2.24) is 4.90 Å². The van der Waals surface area contributed by atoms with E-state index in [2.05, 4.69) is 0 Å². The summed E-state index contributed by atoms with van der Waals surface area (Å²) in [5.74, 6) is -0.975. The van der Waals surface area contributed by atoms with Crippen LogP contribution in [-0.4, -0.2) is 43.8 Å². The Balaban J connectivity index is 2.21. The van der Waals surface area contributed by atoms with Gasteiger partial charge in [0.1, 0.15) is 0 Å². The zero-order valence-corrected chi connectivity index (χ0v) is 11.2. The normalized spacial score (nSPS) is 14.6. The maximum absolute atomic E-state index is 11.9. The summed E-state index contributed by atoms with van der Waals surface area (Å²) in [5.41, 5.74) is 0.977. The minimum atomic E-state index is -0.500. The fraction of sp³-hybridized carbons (Fsp3) is 0.385. The van der Waals surface area contributed by atoms with E-state index in [0.29, 0.717) is 22.8 Å². The maximum Gasteiger partial charge on any atom is 0.299 e. The molecule has 0 N–H and O–H groups in total. The summed E-state index contributed by atoms with van der Waals surface area (Å²) in [7, 11) is 3.95. The molecule has 1 aromatic rings. The van der Waals surface area contributed by atoms with Crippen LogP contribution in [0.1, 0.15) is 16.8 Å². The lowest BCUT2D eigenvalue weighted by molar-refractivity contribution is -0.114. The van der Waals surface area contributed by atoms with E-state index >= 15 is 0 Å². The molecule has 0 aliphatic carbocycles. The maximum atomic E-state index is 11.9. The minimum absolute atomic E-state index is 0.342. The molecule has 1 aromatic carbocycles. The lowest BCUT2D eigenvalue weighted by atomic mass is 10.1. The average molecular weight is 267 g/mol. The largest absolute Gasteiger partial charge is 0.309 e. The standard InChI is InChI=1S/C13H15ClN2O2/c1-15(2)7-4-8-16-10-6-3-5-9(14)11(10)12(17)13(16)18/h3,5-6H,4,7-8H2,1-2H3.